The second-order valence-electron chi connectivity index (χ2n) is 10.3. The van der Waals surface area contributed by atoms with Gasteiger partial charge in [0, 0.05) is 38.5 Å². The van der Waals surface area contributed by atoms with Crippen LogP contribution in [-0.2, 0) is 15.5 Å². The smallest absolute Gasteiger partial charge is 0.329 e. The van der Waals surface area contributed by atoms with Crippen molar-refractivity contribution in [3.8, 4) is 5.75 Å². The van der Waals surface area contributed by atoms with Crippen LogP contribution in [0.3, 0.4) is 0 Å². The Morgan fingerprint density at radius 1 is 1.18 bits per heavy atom. The second-order valence-corrected chi connectivity index (χ2v) is 10.3. The molecular formula is C30H38F2N2O6. The highest BCUT2D eigenvalue weighted by Crippen LogP contribution is 2.38. The van der Waals surface area contributed by atoms with E-state index in [0.29, 0.717) is 29.0 Å². The molecule has 0 aromatic heterocycles. The summed E-state index contributed by atoms with van der Waals surface area (Å²) in [6.45, 7) is 7.01. The number of nitrogens with one attached hydrogen (secondary N) is 1. The van der Waals surface area contributed by atoms with Gasteiger partial charge in [-0.25, -0.2) is 18.4 Å². The summed E-state index contributed by atoms with van der Waals surface area (Å²) in [5, 5.41) is 12.5. The second kappa shape index (κ2) is 12.8. The van der Waals surface area contributed by atoms with E-state index >= 15 is 0 Å². The average molecular weight is 561 g/mol. The fourth-order valence-electron chi connectivity index (χ4n) is 5.19. The van der Waals surface area contributed by atoms with Crippen molar-refractivity contribution in [2.45, 2.75) is 77.0 Å². The molecular weight excluding hydrogens is 522 g/mol. The molecule has 3 rings (SSSR count). The molecule has 1 saturated carbocycles. The molecule has 218 valence electrons. The molecule has 0 unspecified atom stereocenters. The molecule has 2 aromatic rings. The van der Waals surface area contributed by atoms with Crippen LogP contribution in [0.25, 0.3) is 0 Å². The van der Waals surface area contributed by atoms with Gasteiger partial charge < -0.3 is 24.8 Å². The maximum Gasteiger partial charge on any atom is 0.329 e. The normalized spacial score (nSPS) is 19.3. The summed E-state index contributed by atoms with van der Waals surface area (Å²) < 4.78 is 40.8. The lowest BCUT2D eigenvalue weighted by molar-refractivity contribution is -0.155. The lowest BCUT2D eigenvalue weighted by atomic mass is 9.74. The molecule has 8 nitrogen and oxygen atoms in total. The van der Waals surface area contributed by atoms with Gasteiger partial charge in [-0.3, -0.25) is 4.79 Å². The molecule has 0 heterocycles. The number of alkyl halides is 2. The van der Waals surface area contributed by atoms with Crippen LogP contribution in [0.15, 0.2) is 42.5 Å². The quantitative estimate of drug-likeness (QED) is 0.297. The first kappa shape index (κ1) is 31.0. The zero-order chi connectivity index (χ0) is 29.7. The minimum atomic E-state index is -3.10. The number of nitrogens with zero attached hydrogens (tertiary/aromatic N) is 1. The molecule has 10 heteroatoms. The van der Waals surface area contributed by atoms with E-state index in [1.807, 2.05) is 0 Å². The topological polar surface area (TPSA) is 105 Å². The fourth-order valence-corrected chi connectivity index (χ4v) is 5.19. The third-order valence-corrected chi connectivity index (χ3v) is 7.62. The molecule has 1 atom stereocenters. The van der Waals surface area contributed by atoms with E-state index in [1.54, 1.807) is 51.1 Å². The number of hydrogen-bond acceptors (Lipinski definition) is 5. The van der Waals surface area contributed by atoms with Crippen molar-refractivity contribution in [3.63, 3.8) is 0 Å². The van der Waals surface area contributed by atoms with E-state index in [-0.39, 0.29) is 43.3 Å². The van der Waals surface area contributed by atoms with Crippen LogP contribution >= 0.6 is 0 Å². The van der Waals surface area contributed by atoms with Gasteiger partial charge in [0.2, 0.25) is 0 Å². The standard InChI is InChI=1S/C30H38F2N2O6/c1-6-40-26-19(2)24(13-14-25(26)21(4)35)20(3)34(16-10-15-30(31,32)22-11-8-7-9-12-22)28(38)33-29(27(36)37)17-23(18-29)39-5/h7-9,11-14,20,23H,6,10,15-18H2,1-5H3,(H,33,38)(H,36,37)/t20-,23?,29?/m1/s1. The summed E-state index contributed by atoms with van der Waals surface area (Å²) in [7, 11) is 1.48. The molecule has 0 saturated heterocycles. The molecule has 0 bridgehead atoms. The number of hydrogen-bond donors (Lipinski definition) is 2. The first-order chi connectivity index (χ1) is 18.9. The van der Waals surface area contributed by atoms with Crippen LogP contribution in [-0.4, -0.2) is 59.7 Å². The minimum absolute atomic E-state index is 0.0384. The SMILES string of the molecule is CCOc1c(C(C)=O)ccc([C@@H](C)N(CCCC(F)(F)c2ccccc2)C(=O)NC2(C(=O)O)CC(OC)C2)c1C. The summed E-state index contributed by atoms with van der Waals surface area (Å²) >= 11 is 0. The lowest BCUT2D eigenvalue weighted by Crippen LogP contribution is -2.66. The third-order valence-electron chi connectivity index (χ3n) is 7.62. The fraction of sp³-hybridized carbons (Fsp3) is 0.500. The number of carbonyl (C=O) groups excluding carboxylic acids is 2. The Hall–Kier alpha value is -3.53. The molecule has 0 radical (unpaired) electrons. The first-order valence-electron chi connectivity index (χ1n) is 13.4. The number of ketones is 1. The zero-order valence-corrected chi connectivity index (χ0v) is 23.6. The number of urea groups is 1. The highest BCUT2D eigenvalue weighted by Gasteiger charge is 2.52. The van der Waals surface area contributed by atoms with Gasteiger partial charge in [0.15, 0.2) is 5.78 Å². The predicted molar refractivity (Wildman–Crippen MR) is 146 cm³/mol. The Balaban J connectivity index is 1.91. The first-order valence-corrected chi connectivity index (χ1v) is 13.4. The highest BCUT2D eigenvalue weighted by atomic mass is 19.3. The van der Waals surface area contributed by atoms with E-state index < -0.39 is 35.9 Å². The highest BCUT2D eigenvalue weighted by molar-refractivity contribution is 5.97. The van der Waals surface area contributed by atoms with Gasteiger partial charge in [-0.1, -0.05) is 36.4 Å². The van der Waals surface area contributed by atoms with Gasteiger partial charge in [0.25, 0.3) is 5.92 Å². The number of benzene rings is 2. The van der Waals surface area contributed by atoms with Crippen LogP contribution in [0.4, 0.5) is 13.6 Å². The number of Topliss-reactive ketones (excluding diaryl/α,β-unsaturated/α-hetero) is 1. The lowest BCUT2D eigenvalue weighted by Gasteiger charge is -2.45. The molecule has 1 aliphatic carbocycles. The van der Waals surface area contributed by atoms with Gasteiger partial charge in [-0.2, -0.15) is 0 Å². The van der Waals surface area contributed by atoms with Crippen LogP contribution in [0.5, 0.6) is 5.75 Å². The van der Waals surface area contributed by atoms with Gasteiger partial charge in [-0.15, -0.1) is 0 Å². The van der Waals surface area contributed by atoms with Crippen molar-refractivity contribution in [2.24, 2.45) is 0 Å². The van der Waals surface area contributed by atoms with Gasteiger partial charge in [-0.05, 0) is 51.3 Å². The summed E-state index contributed by atoms with van der Waals surface area (Å²) in [5.74, 6) is -4.06. The summed E-state index contributed by atoms with van der Waals surface area (Å²) in [6.07, 6.45) is -0.652. The van der Waals surface area contributed by atoms with Crippen LogP contribution in [0.2, 0.25) is 0 Å². The van der Waals surface area contributed by atoms with Gasteiger partial charge in [0.05, 0.1) is 24.3 Å². The number of ether oxygens (including phenoxy) is 2. The number of carbonyl (C=O) groups is 3. The largest absolute Gasteiger partial charge is 0.493 e. The van der Waals surface area contributed by atoms with Crippen LogP contribution in [0, 0.1) is 6.92 Å². The Morgan fingerprint density at radius 3 is 2.38 bits per heavy atom. The van der Waals surface area contributed by atoms with Gasteiger partial charge in [0.1, 0.15) is 11.3 Å². The van der Waals surface area contributed by atoms with Crippen molar-refractivity contribution in [1.82, 2.24) is 10.2 Å². The molecule has 2 amide bonds. The predicted octanol–water partition coefficient (Wildman–Crippen LogP) is 5.87. The molecule has 0 aliphatic heterocycles. The van der Waals surface area contributed by atoms with Crippen molar-refractivity contribution in [3.05, 3.63) is 64.7 Å². The monoisotopic (exact) mass is 560 g/mol. The van der Waals surface area contributed by atoms with Crippen molar-refractivity contribution >= 4 is 17.8 Å². The Labute approximate surface area is 233 Å². The number of rotatable bonds is 13. The Morgan fingerprint density at radius 2 is 1.82 bits per heavy atom. The molecule has 1 aliphatic rings. The van der Waals surface area contributed by atoms with Crippen molar-refractivity contribution < 1.29 is 37.7 Å². The molecule has 0 spiro atoms. The van der Waals surface area contributed by atoms with Crippen LogP contribution < -0.4 is 10.1 Å². The zero-order valence-electron chi connectivity index (χ0n) is 23.6. The molecule has 1 fully saturated rings. The van der Waals surface area contributed by atoms with E-state index in [4.69, 9.17) is 9.47 Å². The van der Waals surface area contributed by atoms with Crippen molar-refractivity contribution in [1.29, 1.82) is 0 Å². The number of amides is 2. The van der Waals surface area contributed by atoms with Crippen LogP contribution in [0.1, 0.15) is 79.5 Å². The molecule has 2 N–H and O–H groups in total. The summed E-state index contributed by atoms with van der Waals surface area (Å²) in [6, 6.07) is 9.50. The number of aliphatic carboxylic acids is 1. The molecule has 2 aromatic carbocycles. The number of halogens is 2. The number of methoxy groups -OCH3 is 1. The average Bonchev–Trinajstić information content (AvgIpc) is 2.89. The maximum atomic E-state index is 14.9. The number of carboxylic acid groups (broad SMARTS) is 1. The van der Waals surface area contributed by atoms with E-state index in [0.717, 1.165) is 0 Å². The minimum Gasteiger partial charge on any atom is -0.493 e. The summed E-state index contributed by atoms with van der Waals surface area (Å²) in [4.78, 5) is 39.3. The van der Waals surface area contributed by atoms with E-state index in [9.17, 15) is 28.3 Å². The number of carboxylic acids is 1. The molecule has 40 heavy (non-hydrogen) atoms. The van der Waals surface area contributed by atoms with Crippen molar-refractivity contribution in [2.75, 3.05) is 20.3 Å². The van der Waals surface area contributed by atoms with E-state index in [1.165, 1.54) is 31.1 Å². The third kappa shape index (κ3) is 6.60. The Kier molecular flexibility index (Phi) is 9.89. The summed E-state index contributed by atoms with van der Waals surface area (Å²) in [5.41, 5.74) is 0.0876. The Bertz CT molecular complexity index is 1210. The van der Waals surface area contributed by atoms with Gasteiger partial charge >= 0.3 is 12.0 Å². The van der Waals surface area contributed by atoms with E-state index in [2.05, 4.69) is 5.32 Å². The maximum absolute atomic E-state index is 14.9.